The summed E-state index contributed by atoms with van der Waals surface area (Å²) in [5.41, 5.74) is 2.65. The van der Waals surface area contributed by atoms with Crippen LogP contribution in [0.3, 0.4) is 0 Å². The zero-order valence-corrected chi connectivity index (χ0v) is 14.0. The zero-order valence-electron chi connectivity index (χ0n) is 13.2. The van der Waals surface area contributed by atoms with Gasteiger partial charge in [0, 0.05) is 6.26 Å². The Labute approximate surface area is 135 Å². The van der Waals surface area contributed by atoms with E-state index in [1.807, 2.05) is 26.0 Å². The number of pyridine rings is 1. The molecular weight excluding hydrogens is 316 g/mol. The first-order valence-electron chi connectivity index (χ1n) is 6.92. The molecule has 1 N–H and O–H groups in total. The van der Waals surface area contributed by atoms with Gasteiger partial charge in [0.1, 0.15) is 5.75 Å². The molecule has 2 rings (SSSR count). The maximum atomic E-state index is 11.8. The average molecular weight is 334 g/mol. The fraction of sp³-hybridized carbons (Fsp3) is 0.250. The lowest BCUT2D eigenvalue weighted by Gasteiger charge is -2.09. The molecule has 1 heterocycles. The summed E-state index contributed by atoms with van der Waals surface area (Å²) in [4.78, 5) is 15.6. The molecule has 0 fully saturated rings. The van der Waals surface area contributed by atoms with Crippen LogP contribution in [0.15, 0.2) is 41.6 Å². The Balaban J connectivity index is 1.93. The summed E-state index contributed by atoms with van der Waals surface area (Å²) < 4.78 is 28.0. The van der Waals surface area contributed by atoms with Gasteiger partial charge in [0.25, 0.3) is 5.91 Å². The number of hydrogen-bond donors (Lipinski definition) is 1. The van der Waals surface area contributed by atoms with Crippen molar-refractivity contribution in [3.05, 3.63) is 47.7 Å². The van der Waals surface area contributed by atoms with Crippen LogP contribution in [0.1, 0.15) is 11.1 Å². The Morgan fingerprint density at radius 3 is 2.48 bits per heavy atom. The largest absolute Gasteiger partial charge is 0.484 e. The standard InChI is InChI=1S/C16H18N2O4S/c1-11-4-6-14(8-12(11)2)22-10-15(19)18-13-5-7-16(17-9-13)23(3,20)21/h4-9H,10H2,1-3H3,(H,18,19). The molecule has 0 aliphatic heterocycles. The molecule has 0 saturated heterocycles. The van der Waals surface area contributed by atoms with Crippen LogP contribution in [0.25, 0.3) is 0 Å². The molecule has 0 unspecified atom stereocenters. The van der Waals surface area contributed by atoms with E-state index in [1.54, 1.807) is 6.07 Å². The van der Waals surface area contributed by atoms with Crippen LogP contribution >= 0.6 is 0 Å². The monoisotopic (exact) mass is 334 g/mol. The third kappa shape index (κ3) is 4.79. The molecule has 0 aliphatic carbocycles. The summed E-state index contributed by atoms with van der Waals surface area (Å²) in [6, 6.07) is 8.42. The molecule has 7 heteroatoms. The van der Waals surface area contributed by atoms with Crippen molar-refractivity contribution in [1.82, 2.24) is 4.98 Å². The number of carbonyl (C=O) groups excluding carboxylic acids is 1. The van der Waals surface area contributed by atoms with Gasteiger partial charge in [-0.25, -0.2) is 13.4 Å². The highest BCUT2D eigenvalue weighted by Gasteiger charge is 2.09. The maximum Gasteiger partial charge on any atom is 0.262 e. The molecule has 0 aliphatic rings. The van der Waals surface area contributed by atoms with Crippen molar-refractivity contribution in [2.75, 3.05) is 18.2 Å². The van der Waals surface area contributed by atoms with Crippen LogP contribution in [0.5, 0.6) is 5.75 Å². The third-order valence-electron chi connectivity index (χ3n) is 3.25. The summed E-state index contributed by atoms with van der Waals surface area (Å²) in [6.07, 6.45) is 2.37. The van der Waals surface area contributed by atoms with E-state index in [4.69, 9.17) is 4.74 Å². The van der Waals surface area contributed by atoms with E-state index in [0.717, 1.165) is 17.4 Å². The van der Waals surface area contributed by atoms with E-state index in [9.17, 15) is 13.2 Å². The fourth-order valence-corrected chi connectivity index (χ4v) is 2.38. The third-order valence-corrected chi connectivity index (χ3v) is 4.25. The highest BCUT2D eigenvalue weighted by molar-refractivity contribution is 7.90. The molecule has 1 aromatic carbocycles. The predicted octanol–water partition coefficient (Wildman–Crippen LogP) is 2.12. The quantitative estimate of drug-likeness (QED) is 0.905. The first-order chi connectivity index (χ1) is 10.8. The van der Waals surface area contributed by atoms with E-state index < -0.39 is 9.84 Å². The number of rotatable bonds is 5. The van der Waals surface area contributed by atoms with E-state index >= 15 is 0 Å². The molecule has 1 amide bonds. The first kappa shape index (κ1) is 17.0. The van der Waals surface area contributed by atoms with Gasteiger partial charge in [-0.1, -0.05) is 6.07 Å². The summed E-state index contributed by atoms with van der Waals surface area (Å²) in [5.74, 6) is 0.269. The SMILES string of the molecule is Cc1ccc(OCC(=O)Nc2ccc(S(C)(=O)=O)nc2)cc1C. The van der Waals surface area contributed by atoms with Crippen LogP contribution < -0.4 is 10.1 Å². The molecule has 0 bridgehead atoms. The summed E-state index contributed by atoms with van der Waals surface area (Å²) in [5, 5.41) is 2.56. The Kier molecular flexibility index (Phi) is 5.00. The lowest BCUT2D eigenvalue weighted by atomic mass is 10.1. The number of hydrogen-bond acceptors (Lipinski definition) is 5. The van der Waals surface area contributed by atoms with Crippen LogP contribution in [0.2, 0.25) is 0 Å². The first-order valence-corrected chi connectivity index (χ1v) is 8.81. The molecular formula is C16H18N2O4S. The second-order valence-electron chi connectivity index (χ2n) is 5.24. The van der Waals surface area contributed by atoms with E-state index in [-0.39, 0.29) is 17.5 Å². The van der Waals surface area contributed by atoms with Gasteiger partial charge >= 0.3 is 0 Å². The molecule has 0 atom stereocenters. The van der Waals surface area contributed by atoms with Crippen molar-refractivity contribution in [3.63, 3.8) is 0 Å². The normalized spacial score (nSPS) is 11.1. The molecule has 0 spiro atoms. The second kappa shape index (κ2) is 6.78. The predicted molar refractivity (Wildman–Crippen MR) is 87.4 cm³/mol. The number of sulfone groups is 1. The number of nitrogens with zero attached hydrogens (tertiary/aromatic N) is 1. The minimum absolute atomic E-state index is 0.0399. The zero-order chi connectivity index (χ0) is 17.0. The average Bonchev–Trinajstić information content (AvgIpc) is 2.48. The van der Waals surface area contributed by atoms with Crippen LogP contribution in [-0.4, -0.2) is 32.2 Å². The Morgan fingerprint density at radius 1 is 1.17 bits per heavy atom. The fourth-order valence-electron chi connectivity index (χ4n) is 1.82. The molecule has 0 radical (unpaired) electrons. The van der Waals surface area contributed by atoms with Crippen LogP contribution in [0.4, 0.5) is 5.69 Å². The van der Waals surface area contributed by atoms with E-state index in [2.05, 4.69) is 10.3 Å². The number of nitrogens with one attached hydrogen (secondary N) is 1. The smallest absolute Gasteiger partial charge is 0.262 e. The van der Waals surface area contributed by atoms with Crippen molar-refractivity contribution < 1.29 is 17.9 Å². The van der Waals surface area contributed by atoms with Crippen LogP contribution in [0, 0.1) is 13.8 Å². The number of benzene rings is 1. The van der Waals surface area contributed by atoms with Gasteiger partial charge in [0.15, 0.2) is 21.5 Å². The number of aromatic nitrogens is 1. The Hall–Kier alpha value is -2.41. The molecule has 0 saturated carbocycles. The van der Waals surface area contributed by atoms with Crippen molar-refractivity contribution in [1.29, 1.82) is 0 Å². The van der Waals surface area contributed by atoms with Gasteiger partial charge in [-0.3, -0.25) is 4.79 Å². The lowest BCUT2D eigenvalue weighted by molar-refractivity contribution is -0.118. The molecule has 1 aromatic heterocycles. The van der Waals surface area contributed by atoms with Gasteiger partial charge in [0.05, 0.1) is 11.9 Å². The topological polar surface area (TPSA) is 85.4 Å². The Bertz CT molecular complexity index is 814. The summed E-state index contributed by atoms with van der Waals surface area (Å²) in [6.45, 7) is 3.83. The van der Waals surface area contributed by atoms with E-state index in [1.165, 1.54) is 18.3 Å². The number of carbonyl (C=O) groups is 1. The Morgan fingerprint density at radius 2 is 1.91 bits per heavy atom. The second-order valence-corrected chi connectivity index (χ2v) is 7.20. The molecule has 23 heavy (non-hydrogen) atoms. The summed E-state index contributed by atoms with van der Waals surface area (Å²) >= 11 is 0. The summed E-state index contributed by atoms with van der Waals surface area (Å²) in [7, 11) is -3.35. The van der Waals surface area contributed by atoms with Gasteiger partial charge in [-0.2, -0.15) is 0 Å². The van der Waals surface area contributed by atoms with Crippen molar-refractivity contribution in [2.24, 2.45) is 0 Å². The van der Waals surface area contributed by atoms with Gasteiger partial charge in [-0.15, -0.1) is 0 Å². The van der Waals surface area contributed by atoms with Crippen molar-refractivity contribution in [3.8, 4) is 5.75 Å². The minimum Gasteiger partial charge on any atom is -0.484 e. The highest BCUT2D eigenvalue weighted by atomic mass is 32.2. The highest BCUT2D eigenvalue weighted by Crippen LogP contribution is 2.16. The van der Waals surface area contributed by atoms with Crippen LogP contribution in [-0.2, 0) is 14.6 Å². The maximum absolute atomic E-state index is 11.8. The number of ether oxygens (including phenoxy) is 1. The van der Waals surface area contributed by atoms with E-state index in [0.29, 0.717) is 11.4 Å². The van der Waals surface area contributed by atoms with Crippen molar-refractivity contribution in [2.45, 2.75) is 18.9 Å². The van der Waals surface area contributed by atoms with Crippen molar-refractivity contribution >= 4 is 21.4 Å². The number of anilines is 1. The molecule has 6 nitrogen and oxygen atoms in total. The van der Waals surface area contributed by atoms with Gasteiger partial charge < -0.3 is 10.1 Å². The molecule has 122 valence electrons. The minimum atomic E-state index is -3.35. The van der Waals surface area contributed by atoms with Gasteiger partial charge in [-0.05, 0) is 49.2 Å². The van der Waals surface area contributed by atoms with Gasteiger partial charge in [0.2, 0.25) is 0 Å². The number of amides is 1. The number of aryl methyl sites for hydroxylation is 2. The lowest BCUT2D eigenvalue weighted by Crippen LogP contribution is -2.20. The molecule has 2 aromatic rings.